The van der Waals surface area contributed by atoms with Gasteiger partial charge in [-0.25, -0.2) is 4.79 Å². The number of carboxylic acid groups (broad SMARTS) is 1. The lowest BCUT2D eigenvalue weighted by molar-refractivity contribution is -0.138. The van der Waals surface area contributed by atoms with Crippen molar-refractivity contribution in [1.82, 2.24) is 15.6 Å². The molecule has 0 fully saturated rings. The third-order valence-corrected chi connectivity index (χ3v) is 3.61. The summed E-state index contributed by atoms with van der Waals surface area (Å²) < 4.78 is 10.6. The molecule has 0 aliphatic heterocycles. The minimum Gasteiger partial charge on any atom is -0.484 e. The highest BCUT2D eigenvalue weighted by Gasteiger charge is 2.15. The number of carbonyl (C=O) groups is 3. The molecular formula is C19H25N3O6. The number of nitrogens with one attached hydrogen (secondary N) is 3. The number of hydrogen-bond donors (Lipinski definition) is 4. The summed E-state index contributed by atoms with van der Waals surface area (Å²) in [5.74, 6) is -1.15. The van der Waals surface area contributed by atoms with E-state index in [0.717, 1.165) is 16.5 Å². The molecular weight excluding hydrogens is 366 g/mol. The molecule has 2 amide bonds. The predicted molar refractivity (Wildman–Crippen MR) is 102 cm³/mol. The number of aromatic amines is 1. The standard InChI is InChI=1S/C19H25N3O6/c1-19(2,3)28-18(26)20-7-6-12-9-21-15-5-4-13(8-14(12)15)27-11-16(23)22-10-17(24)25/h4-5,8-9,21H,6-7,10-11H2,1-3H3,(H,20,26)(H,22,23)(H,24,25). The number of benzene rings is 1. The molecule has 0 saturated carbocycles. The molecule has 9 heteroatoms. The molecule has 1 aromatic heterocycles. The molecule has 2 rings (SSSR count). The van der Waals surface area contributed by atoms with Gasteiger partial charge in [0.25, 0.3) is 5.91 Å². The maximum atomic E-state index is 11.7. The summed E-state index contributed by atoms with van der Waals surface area (Å²) in [4.78, 5) is 36.8. The third kappa shape index (κ3) is 6.82. The van der Waals surface area contributed by atoms with Crippen LogP contribution in [-0.4, -0.2) is 53.4 Å². The summed E-state index contributed by atoms with van der Waals surface area (Å²) >= 11 is 0. The Kier molecular flexibility index (Phi) is 6.86. The van der Waals surface area contributed by atoms with Crippen LogP contribution in [0.4, 0.5) is 4.79 Å². The number of rotatable bonds is 8. The fourth-order valence-corrected chi connectivity index (χ4v) is 2.44. The number of amides is 2. The van der Waals surface area contributed by atoms with Crippen molar-refractivity contribution in [2.45, 2.75) is 32.8 Å². The lowest BCUT2D eigenvalue weighted by atomic mass is 10.1. The molecule has 0 unspecified atom stereocenters. The summed E-state index contributed by atoms with van der Waals surface area (Å²) in [5, 5.41) is 14.4. The molecule has 0 radical (unpaired) electrons. The Hall–Kier alpha value is -3.23. The maximum absolute atomic E-state index is 11.7. The number of aliphatic carboxylic acids is 1. The molecule has 1 heterocycles. The van der Waals surface area contributed by atoms with Crippen LogP contribution >= 0.6 is 0 Å². The number of fused-ring (bicyclic) bond motifs is 1. The molecule has 9 nitrogen and oxygen atoms in total. The van der Waals surface area contributed by atoms with E-state index in [2.05, 4.69) is 15.6 Å². The number of hydrogen-bond acceptors (Lipinski definition) is 5. The highest BCUT2D eigenvalue weighted by atomic mass is 16.6. The second kappa shape index (κ2) is 9.12. The van der Waals surface area contributed by atoms with Gasteiger partial charge in [-0.2, -0.15) is 0 Å². The van der Waals surface area contributed by atoms with E-state index in [1.165, 1.54) is 0 Å². The number of carbonyl (C=O) groups excluding carboxylic acids is 2. The zero-order valence-corrected chi connectivity index (χ0v) is 16.1. The van der Waals surface area contributed by atoms with E-state index in [4.69, 9.17) is 14.6 Å². The van der Waals surface area contributed by atoms with Gasteiger partial charge in [-0.15, -0.1) is 0 Å². The fourth-order valence-electron chi connectivity index (χ4n) is 2.44. The van der Waals surface area contributed by atoms with Gasteiger partial charge in [0.05, 0.1) is 0 Å². The van der Waals surface area contributed by atoms with E-state index in [9.17, 15) is 14.4 Å². The van der Waals surface area contributed by atoms with Gasteiger partial charge in [-0.3, -0.25) is 9.59 Å². The minimum absolute atomic E-state index is 0.279. The molecule has 0 aliphatic rings. The van der Waals surface area contributed by atoms with Gasteiger partial charge in [0.1, 0.15) is 17.9 Å². The second-order valence-corrected chi connectivity index (χ2v) is 7.16. The van der Waals surface area contributed by atoms with Crippen LogP contribution < -0.4 is 15.4 Å². The molecule has 2 aromatic rings. The summed E-state index contributed by atoms with van der Waals surface area (Å²) in [6.07, 6.45) is 1.97. The molecule has 1 aromatic carbocycles. The van der Waals surface area contributed by atoms with Crippen LogP contribution in [0.15, 0.2) is 24.4 Å². The molecule has 28 heavy (non-hydrogen) atoms. The van der Waals surface area contributed by atoms with E-state index in [-0.39, 0.29) is 6.61 Å². The first kappa shape index (κ1) is 21.1. The molecule has 4 N–H and O–H groups in total. The first-order chi connectivity index (χ1) is 13.1. The Bertz CT molecular complexity index is 853. The highest BCUT2D eigenvalue weighted by Crippen LogP contribution is 2.24. The van der Waals surface area contributed by atoms with Crippen molar-refractivity contribution in [2.24, 2.45) is 0 Å². The first-order valence-electron chi connectivity index (χ1n) is 8.82. The van der Waals surface area contributed by atoms with Crippen molar-refractivity contribution in [3.63, 3.8) is 0 Å². The predicted octanol–water partition coefficient (Wildman–Crippen LogP) is 1.81. The number of alkyl carbamates (subject to hydrolysis) is 1. The van der Waals surface area contributed by atoms with Crippen LogP contribution in [0.3, 0.4) is 0 Å². The first-order valence-corrected chi connectivity index (χ1v) is 8.82. The lowest BCUT2D eigenvalue weighted by Crippen LogP contribution is -2.33. The Balaban J connectivity index is 1.91. The Morgan fingerprint density at radius 2 is 1.93 bits per heavy atom. The van der Waals surface area contributed by atoms with Crippen molar-refractivity contribution in [1.29, 1.82) is 0 Å². The Morgan fingerprint density at radius 3 is 2.61 bits per heavy atom. The van der Waals surface area contributed by atoms with Gasteiger partial charge in [-0.05, 0) is 51.0 Å². The van der Waals surface area contributed by atoms with Crippen molar-refractivity contribution in [2.75, 3.05) is 19.7 Å². The highest BCUT2D eigenvalue weighted by molar-refractivity contribution is 5.85. The third-order valence-electron chi connectivity index (χ3n) is 3.61. The quantitative estimate of drug-likeness (QED) is 0.543. The Labute approximate surface area is 162 Å². The van der Waals surface area contributed by atoms with E-state index >= 15 is 0 Å². The molecule has 0 bridgehead atoms. The van der Waals surface area contributed by atoms with Gasteiger partial charge >= 0.3 is 12.1 Å². The summed E-state index contributed by atoms with van der Waals surface area (Å²) in [6.45, 7) is 5.08. The van der Waals surface area contributed by atoms with Gasteiger partial charge in [-0.1, -0.05) is 0 Å². The zero-order chi connectivity index (χ0) is 20.7. The summed E-state index contributed by atoms with van der Waals surface area (Å²) in [5.41, 5.74) is 1.33. The van der Waals surface area contributed by atoms with Gasteiger partial charge in [0.15, 0.2) is 6.61 Å². The van der Waals surface area contributed by atoms with Crippen molar-refractivity contribution < 1.29 is 29.0 Å². The molecule has 0 saturated heterocycles. The van der Waals surface area contributed by atoms with Crippen LogP contribution in [0.1, 0.15) is 26.3 Å². The number of ether oxygens (including phenoxy) is 2. The van der Waals surface area contributed by atoms with E-state index in [1.807, 2.05) is 12.3 Å². The van der Waals surface area contributed by atoms with Crippen LogP contribution in [0.25, 0.3) is 10.9 Å². The summed E-state index contributed by atoms with van der Waals surface area (Å²) in [6, 6.07) is 5.33. The number of aromatic nitrogens is 1. The Morgan fingerprint density at radius 1 is 1.18 bits per heavy atom. The summed E-state index contributed by atoms with van der Waals surface area (Å²) in [7, 11) is 0. The topological polar surface area (TPSA) is 130 Å². The minimum atomic E-state index is -1.12. The largest absolute Gasteiger partial charge is 0.484 e. The van der Waals surface area contributed by atoms with Crippen LogP contribution in [-0.2, 0) is 20.7 Å². The molecule has 0 atom stereocenters. The molecule has 152 valence electrons. The van der Waals surface area contributed by atoms with Crippen LogP contribution in [0.5, 0.6) is 5.75 Å². The average molecular weight is 391 g/mol. The van der Waals surface area contributed by atoms with Crippen molar-refractivity contribution >= 4 is 28.9 Å². The lowest BCUT2D eigenvalue weighted by Gasteiger charge is -2.19. The van der Waals surface area contributed by atoms with Crippen LogP contribution in [0, 0.1) is 0 Å². The van der Waals surface area contributed by atoms with E-state index in [0.29, 0.717) is 18.7 Å². The number of carboxylic acids is 1. The van der Waals surface area contributed by atoms with Crippen molar-refractivity contribution in [3.05, 3.63) is 30.0 Å². The number of H-pyrrole nitrogens is 1. The van der Waals surface area contributed by atoms with E-state index in [1.54, 1.807) is 32.9 Å². The normalized spacial score (nSPS) is 11.1. The van der Waals surface area contributed by atoms with Crippen molar-refractivity contribution in [3.8, 4) is 5.75 Å². The van der Waals surface area contributed by atoms with E-state index < -0.39 is 30.1 Å². The zero-order valence-electron chi connectivity index (χ0n) is 16.1. The average Bonchev–Trinajstić information content (AvgIpc) is 2.99. The van der Waals surface area contributed by atoms with Gasteiger partial charge < -0.3 is 30.2 Å². The second-order valence-electron chi connectivity index (χ2n) is 7.16. The van der Waals surface area contributed by atoms with Gasteiger partial charge in [0.2, 0.25) is 0 Å². The SMILES string of the molecule is CC(C)(C)OC(=O)NCCc1c[nH]c2ccc(OCC(=O)NCC(=O)O)cc12. The maximum Gasteiger partial charge on any atom is 0.407 e. The smallest absolute Gasteiger partial charge is 0.407 e. The van der Waals surface area contributed by atoms with Crippen LogP contribution in [0.2, 0.25) is 0 Å². The van der Waals surface area contributed by atoms with Gasteiger partial charge in [0, 0.05) is 23.6 Å². The molecule has 0 spiro atoms. The fraction of sp³-hybridized carbons (Fsp3) is 0.421. The molecule has 0 aliphatic carbocycles. The monoisotopic (exact) mass is 391 g/mol.